The Kier molecular flexibility index (Phi) is 3.71. The molecule has 0 saturated carbocycles. The van der Waals surface area contributed by atoms with Crippen LogP contribution in [0, 0.1) is 5.92 Å². The molecule has 0 heterocycles. The van der Waals surface area contributed by atoms with Crippen LogP contribution in [0.3, 0.4) is 0 Å². The van der Waals surface area contributed by atoms with Crippen molar-refractivity contribution in [3.8, 4) is 0 Å². The lowest BCUT2D eigenvalue weighted by Crippen LogP contribution is -2.40. The molecular formula is C10H16N2O2. The van der Waals surface area contributed by atoms with Crippen LogP contribution in [0.4, 0.5) is 0 Å². The molecule has 1 unspecified atom stereocenters. The van der Waals surface area contributed by atoms with E-state index in [-0.39, 0.29) is 17.9 Å². The number of nitrogens with one attached hydrogen (secondary N) is 1. The van der Waals surface area contributed by atoms with E-state index in [0.717, 1.165) is 6.42 Å². The molecule has 0 aliphatic heterocycles. The van der Waals surface area contributed by atoms with Crippen molar-refractivity contribution < 1.29 is 9.90 Å². The zero-order valence-corrected chi connectivity index (χ0v) is 8.23. The van der Waals surface area contributed by atoms with E-state index in [1.54, 1.807) is 19.2 Å². The first-order chi connectivity index (χ1) is 6.63. The molecule has 1 rings (SSSR count). The number of hydrogen-bond acceptors (Lipinski definition) is 3. The molecule has 0 radical (unpaired) electrons. The summed E-state index contributed by atoms with van der Waals surface area (Å²) in [7, 11) is 1.72. The first-order valence-corrected chi connectivity index (χ1v) is 4.67. The van der Waals surface area contributed by atoms with Crippen LogP contribution in [-0.4, -0.2) is 24.1 Å². The molecule has 0 aromatic rings. The van der Waals surface area contributed by atoms with Crippen LogP contribution in [0.15, 0.2) is 24.0 Å². The fourth-order valence-corrected chi connectivity index (χ4v) is 1.51. The number of hydrogen-bond donors (Lipinski definition) is 3. The lowest BCUT2D eigenvalue weighted by Gasteiger charge is -2.19. The fraction of sp³-hybridized carbons (Fsp3) is 0.500. The van der Waals surface area contributed by atoms with Crippen molar-refractivity contribution in [2.75, 3.05) is 7.05 Å². The van der Waals surface area contributed by atoms with Gasteiger partial charge in [-0.25, -0.2) is 0 Å². The second kappa shape index (κ2) is 4.81. The number of rotatable bonds is 4. The van der Waals surface area contributed by atoms with Crippen LogP contribution >= 0.6 is 0 Å². The molecule has 14 heavy (non-hydrogen) atoms. The van der Waals surface area contributed by atoms with Gasteiger partial charge >= 0.3 is 0 Å². The molecule has 0 aromatic heterocycles. The largest absolute Gasteiger partial charge is 0.508 e. The third-order valence-corrected chi connectivity index (χ3v) is 2.40. The Hall–Kier alpha value is -1.29. The van der Waals surface area contributed by atoms with E-state index in [9.17, 15) is 4.79 Å². The first-order valence-electron chi connectivity index (χ1n) is 4.67. The molecule has 0 bridgehead atoms. The van der Waals surface area contributed by atoms with Gasteiger partial charge in [0.2, 0.25) is 5.91 Å². The minimum Gasteiger partial charge on any atom is -0.508 e. The van der Waals surface area contributed by atoms with Gasteiger partial charge in [0.25, 0.3) is 0 Å². The van der Waals surface area contributed by atoms with Gasteiger partial charge < -0.3 is 16.2 Å². The molecule has 0 fully saturated rings. The predicted octanol–water partition coefficient (Wildman–Crippen LogP) is 0.468. The van der Waals surface area contributed by atoms with Crippen molar-refractivity contribution in [3.05, 3.63) is 24.0 Å². The molecule has 4 N–H and O–H groups in total. The van der Waals surface area contributed by atoms with Gasteiger partial charge in [0.15, 0.2) is 0 Å². The summed E-state index contributed by atoms with van der Waals surface area (Å²) in [5.74, 6) is 0.233. The van der Waals surface area contributed by atoms with Crippen molar-refractivity contribution in [1.82, 2.24) is 5.32 Å². The van der Waals surface area contributed by atoms with E-state index in [4.69, 9.17) is 10.8 Å². The maximum absolute atomic E-state index is 10.9. The lowest BCUT2D eigenvalue weighted by molar-refractivity contribution is -0.120. The summed E-state index contributed by atoms with van der Waals surface area (Å²) in [5, 5.41) is 12.0. The molecule has 2 atom stereocenters. The van der Waals surface area contributed by atoms with Crippen molar-refractivity contribution >= 4 is 5.91 Å². The van der Waals surface area contributed by atoms with E-state index in [2.05, 4.69) is 5.32 Å². The number of carbonyl (C=O) groups excluding carboxylic acids is 1. The van der Waals surface area contributed by atoms with Crippen molar-refractivity contribution in [1.29, 1.82) is 0 Å². The third kappa shape index (κ3) is 2.88. The van der Waals surface area contributed by atoms with Crippen LogP contribution in [0.25, 0.3) is 0 Å². The zero-order valence-electron chi connectivity index (χ0n) is 8.23. The summed E-state index contributed by atoms with van der Waals surface area (Å²) in [6, 6.07) is -0.293. The number of likely N-dealkylation sites (N-methyl/N-ethyl adjacent to an activating group) is 1. The Morgan fingerprint density at radius 1 is 1.86 bits per heavy atom. The van der Waals surface area contributed by atoms with Crippen molar-refractivity contribution in [2.24, 2.45) is 11.7 Å². The molecule has 0 spiro atoms. The Bertz CT molecular complexity index is 271. The quantitative estimate of drug-likeness (QED) is 0.611. The average Bonchev–Trinajstić information content (AvgIpc) is 2.16. The normalized spacial score (nSPS) is 22.9. The summed E-state index contributed by atoms with van der Waals surface area (Å²) < 4.78 is 0. The van der Waals surface area contributed by atoms with Gasteiger partial charge in [-0.05, 0) is 38.0 Å². The Labute approximate surface area is 83.5 Å². The molecule has 78 valence electrons. The number of aliphatic hydroxyl groups excluding tert-OH is 1. The lowest BCUT2D eigenvalue weighted by atomic mass is 9.92. The second-order valence-electron chi connectivity index (χ2n) is 3.46. The number of primary amides is 1. The summed E-state index contributed by atoms with van der Waals surface area (Å²) in [6.07, 6.45) is 6.74. The van der Waals surface area contributed by atoms with Crippen LogP contribution in [0.2, 0.25) is 0 Å². The number of aliphatic hydroxyl groups is 1. The van der Waals surface area contributed by atoms with Crippen molar-refractivity contribution in [2.45, 2.75) is 18.9 Å². The molecule has 4 heteroatoms. The molecular weight excluding hydrogens is 180 g/mol. The van der Waals surface area contributed by atoms with Gasteiger partial charge in [-0.1, -0.05) is 6.08 Å². The first kappa shape index (κ1) is 10.8. The van der Waals surface area contributed by atoms with Gasteiger partial charge in [-0.3, -0.25) is 4.79 Å². The van der Waals surface area contributed by atoms with E-state index >= 15 is 0 Å². The van der Waals surface area contributed by atoms with Crippen LogP contribution in [0.1, 0.15) is 12.8 Å². The van der Waals surface area contributed by atoms with Gasteiger partial charge in [0.1, 0.15) is 5.76 Å². The number of allylic oxidation sites excluding steroid dienone is 3. The van der Waals surface area contributed by atoms with E-state index in [0.29, 0.717) is 12.2 Å². The van der Waals surface area contributed by atoms with Gasteiger partial charge in [0.05, 0.1) is 6.04 Å². The number of nitrogens with two attached hydrogens (primary N) is 1. The smallest absolute Gasteiger partial charge is 0.234 e. The molecule has 1 aliphatic carbocycles. The summed E-state index contributed by atoms with van der Waals surface area (Å²) >= 11 is 0. The van der Waals surface area contributed by atoms with E-state index in [1.165, 1.54) is 0 Å². The summed E-state index contributed by atoms with van der Waals surface area (Å²) in [6.45, 7) is 0. The maximum Gasteiger partial charge on any atom is 0.234 e. The second-order valence-corrected chi connectivity index (χ2v) is 3.46. The minimum atomic E-state index is -0.334. The van der Waals surface area contributed by atoms with E-state index in [1.807, 2.05) is 6.08 Å². The predicted molar refractivity (Wildman–Crippen MR) is 54.6 cm³/mol. The highest BCUT2D eigenvalue weighted by atomic mass is 16.3. The van der Waals surface area contributed by atoms with Crippen LogP contribution in [0.5, 0.6) is 0 Å². The monoisotopic (exact) mass is 196 g/mol. The van der Waals surface area contributed by atoms with Crippen LogP contribution < -0.4 is 11.1 Å². The Morgan fingerprint density at radius 2 is 2.57 bits per heavy atom. The van der Waals surface area contributed by atoms with Gasteiger partial charge in [-0.2, -0.15) is 0 Å². The zero-order chi connectivity index (χ0) is 10.6. The summed E-state index contributed by atoms with van der Waals surface area (Å²) in [4.78, 5) is 10.9. The fourth-order valence-electron chi connectivity index (χ4n) is 1.51. The molecule has 0 saturated heterocycles. The third-order valence-electron chi connectivity index (χ3n) is 2.40. The van der Waals surface area contributed by atoms with Gasteiger partial charge in [0, 0.05) is 0 Å². The molecule has 1 amide bonds. The highest BCUT2D eigenvalue weighted by Crippen LogP contribution is 2.19. The van der Waals surface area contributed by atoms with Crippen molar-refractivity contribution in [3.63, 3.8) is 0 Å². The highest BCUT2D eigenvalue weighted by molar-refractivity contribution is 5.79. The highest BCUT2D eigenvalue weighted by Gasteiger charge is 2.18. The van der Waals surface area contributed by atoms with E-state index < -0.39 is 0 Å². The topological polar surface area (TPSA) is 75.3 Å². The van der Waals surface area contributed by atoms with Crippen LogP contribution in [-0.2, 0) is 4.79 Å². The minimum absolute atomic E-state index is 0.274. The number of amides is 1. The number of carbonyl (C=O) groups is 1. The molecule has 4 nitrogen and oxygen atoms in total. The Morgan fingerprint density at radius 3 is 3.00 bits per heavy atom. The average molecular weight is 196 g/mol. The summed E-state index contributed by atoms with van der Waals surface area (Å²) in [5.41, 5.74) is 5.20. The Balaban J connectivity index is 2.46. The molecule has 0 aromatic carbocycles. The standard InChI is InChI=1S/C10H16N2O2/c1-12-9(10(11)14)6-7-2-4-8(13)5-3-7/h2,4-5,7,9,12-13H,3,6H2,1H3,(H2,11,14)/t7?,9-/m0/s1. The maximum atomic E-state index is 10.9. The van der Waals surface area contributed by atoms with Gasteiger partial charge in [-0.15, -0.1) is 0 Å². The molecule has 1 aliphatic rings. The SMILES string of the molecule is CN[C@@H](CC1C=CC(O)=CC1)C(N)=O.